The second kappa shape index (κ2) is 12.8. The van der Waals surface area contributed by atoms with Crippen molar-refractivity contribution in [3.63, 3.8) is 0 Å². The Morgan fingerprint density at radius 1 is 1.23 bits per heavy atom. The van der Waals surface area contributed by atoms with Gasteiger partial charge >= 0.3 is 12.1 Å². The van der Waals surface area contributed by atoms with Gasteiger partial charge in [-0.3, -0.25) is 14.9 Å². The molecular formula is C32H44N2O10. The van der Waals surface area contributed by atoms with E-state index in [1.165, 1.54) is 26.2 Å². The van der Waals surface area contributed by atoms with Gasteiger partial charge in [0.25, 0.3) is 0 Å². The lowest BCUT2D eigenvalue weighted by molar-refractivity contribution is -0.157. The molecule has 3 heterocycles. The number of aliphatic hydroxyl groups is 1. The van der Waals surface area contributed by atoms with Crippen LogP contribution in [0.4, 0.5) is 10.5 Å². The van der Waals surface area contributed by atoms with Crippen LogP contribution < -0.4 is 15.0 Å². The average molecular weight is 617 g/mol. The number of carbonyl (C=O) groups excluding carboxylic acids is 3. The van der Waals surface area contributed by atoms with Crippen LogP contribution >= 0.6 is 0 Å². The molecule has 2 amide bonds. The Morgan fingerprint density at radius 3 is 2.57 bits per heavy atom. The van der Waals surface area contributed by atoms with Crippen molar-refractivity contribution < 1.29 is 48.3 Å². The number of alkyl carbamates (subject to hydrolysis) is 1. The van der Waals surface area contributed by atoms with Crippen LogP contribution in [0.15, 0.2) is 35.9 Å². The number of nitrogens with zero attached hydrogens (tertiary/aromatic N) is 1. The summed E-state index contributed by atoms with van der Waals surface area (Å²) in [6.45, 7) is 8.85. The number of hydrogen-bond donors (Lipinski definition) is 3. The predicted molar refractivity (Wildman–Crippen MR) is 160 cm³/mol. The number of carbonyl (C=O) groups is 3. The molecule has 242 valence electrons. The molecule has 1 aromatic carbocycles. The number of phenolic OH excluding ortho intramolecular Hbond substituents is 1. The molecule has 12 heteroatoms. The van der Waals surface area contributed by atoms with Crippen LogP contribution in [0.5, 0.6) is 11.5 Å². The van der Waals surface area contributed by atoms with Gasteiger partial charge in [0, 0.05) is 26.5 Å². The summed E-state index contributed by atoms with van der Waals surface area (Å²) < 4.78 is 28.6. The van der Waals surface area contributed by atoms with Crippen molar-refractivity contribution in [1.29, 1.82) is 0 Å². The van der Waals surface area contributed by atoms with Crippen molar-refractivity contribution in [1.82, 2.24) is 5.32 Å². The second-order valence-corrected chi connectivity index (χ2v) is 12.4. The van der Waals surface area contributed by atoms with Gasteiger partial charge in [-0.1, -0.05) is 44.6 Å². The standard InChI is InChI=1S/C32H44N2O10/c1-17(2)29(37)43-25-15-26(35)34(6)21-13-20(14-22(40-7)27(21)36)12-18(3)10-9-11-24(41-8)32(39)16-23(42-30(38)33-32)19(4)28-31(25,5)44-28/h9-11,13-14,17,19,23-25,28,36,39H,12,15-16H2,1-8H3,(H,33,38)/b11-9+,18-10+/t19-,23+,24-,25+,28+,31+,32+/m1/s1. The molecule has 0 saturated carbocycles. The maximum Gasteiger partial charge on any atom is 0.409 e. The number of phenols is 1. The summed E-state index contributed by atoms with van der Waals surface area (Å²) in [6.07, 6.45) is 1.36. The molecule has 44 heavy (non-hydrogen) atoms. The van der Waals surface area contributed by atoms with Gasteiger partial charge < -0.3 is 38.8 Å². The minimum Gasteiger partial charge on any atom is -0.503 e. The number of rotatable bonds is 4. The summed E-state index contributed by atoms with van der Waals surface area (Å²) >= 11 is 0. The summed E-state index contributed by atoms with van der Waals surface area (Å²) in [4.78, 5) is 40.5. The molecule has 0 unspecified atom stereocenters. The molecule has 0 aliphatic carbocycles. The molecule has 4 bridgehead atoms. The molecular weight excluding hydrogens is 572 g/mol. The molecule has 2 fully saturated rings. The number of amides is 2. The summed E-state index contributed by atoms with van der Waals surface area (Å²) in [5.74, 6) is -1.85. The van der Waals surface area contributed by atoms with E-state index in [0.29, 0.717) is 6.42 Å². The molecule has 0 spiro atoms. The van der Waals surface area contributed by atoms with Crippen LogP contribution in [-0.4, -0.2) is 85.2 Å². The van der Waals surface area contributed by atoms with E-state index in [1.807, 2.05) is 19.9 Å². The highest BCUT2D eigenvalue weighted by atomic mass is 16.7. The van der Waals surface area contributed by atoms with E-state index in [2.05, 4.69) is 5.32 Å². The van der Waals surface area contributed by atoms with Crippen LogP contribution in [0.25, 0.3) is 0 Å². The number of fused-ring (bicyclic) bond motifs is 5. The smallest absolute Gasteiger partial charge is 0.409 e. The zero-order valence-electron chi connectivity index (χ0n) is 26.6. The highest BCUT2D eigenvalue weighted by Gasteiger charge is 2.64. The number of esters is 1. The molecule has 2 saturated heterocycles. The molecule has 12 nitrogen and oxygen atoms in total. The highest BCUT2D eigenvalue weighted by Crippen LogP contribution is 2.49. The van der Waals surface area contributed by atoms with Gasteiger partial charge in [0.2, 0.25) is 5.91 Å². The number of aromatic hydroxyl groups is 1. The predicted octanol–water partition coefficient (Wildman–Crippen LogP) is 3.38. The Morgan fingerprint density at radius 2 is 1.93 bits per heavy atom. The number of benzene rings is 1. The van der Waals surface area contributed by atoms with E-state index in [0.717, 1.165) is 11.1 Å². The summed E-state index contributed by atoms with van der Waals surface area (Å²) in [6, 6.07) is 3.40. The topological polar surface area (TPSA) is 156 Å². The lowest BCUT2D eigenvalue weighted by Crippen LogP contribution is -2.63. The van der Waals surface area contributed by atoms with E-state index in [-0.39, 0.29) is 30.0 Å². The molecule has 1 aromatic rings. The van der Waals surface area contributed by atoms with Crippen molar-refractivity contribution in [2.45, 2.75) is 89.6 Å². The van der Waals surface area contributed by atoms with Crippen molar-refractivity contribution in [3.8, 4) is 11.5 Å². The maximum absolute atomic E-state index is 13.7. The van der Waals surface area contributed by atoms with Crippen LogP contribution in [-0.2, 0) is 35.0 Å². The van der Waals surface area contributed by atoms with Gasteiger partial charge in [-0.2, -0.15) is 0 Å². The lowest BCUT2D eigenvalue weighted by Gasteiger charge is -2.42. The van der Waals surface area contributed by atoms with Crippen LogP contribution in [0.1, 0.15) is 53.0 Å². The van der Waals surface area contributed by atoms with Crippen molar-refractivity contribution in [2.24, 2.45) is 11.8 Å². The number of nitrogens with one attached hydrogen (secondary N) is 1. The number of methoxy groups -OCH3 is 2. The van der Waals surface area contributed by atoms with Crippen molar-refractivity contribution in [2.75, 3.05) is 26.2 Å². The van der Waals surface area contributed by atoms with E-state index in [9.17, 15) is 24.6 Å². The van der Waals surface area contributed by atoms with Crippen molar-refractivity contribution >= 4 is 23.7 Å². The van der Waals surface area contributed by atoms with E-state index < -0.39 is 65.5 Å². The molecule has 3 aliphatic rings. The van der Waals surface area contributed by atoms with Gasteiger partial charge in [-0.15, -0.1) is 0 Å². The quantitative estimate of drug-likeness (QED) is 0.339. The van der Waals surface area contributed by atoms with Gasteiger partial charge in [0.1, 0.15) is 23.9 Å². The molecule has 3 aliphatic heterocycles. The summed E-state index contributed by atoms with van der Waals surface area (Å²) in [5, 5.41) is 25.0. The Balaban J connectivity index is 1.80. The minimum atomic E-state index is -1.78. The first-order chi connectivity index (χ1) is 20.6. The number of epoxide rings is 1. The molecule has 0 aromatic heterocycles. The van der Waals surface area contributed by atoms with E-state index in [1.54, 1.807) is 45.1 Å². The van der Waals surface area contributed by atoms with Gasteiger partial charge in [0.15, 0.2) is 17.2 Å². The number of hydrogen-bond acceptors (Lipinski definition) is 10. The third-order valence-corrected chi connectivity index (χ3v) is 8.72. The van der Waals surface area contributed by atoms with Crippen LogP contribution in [0.2, 0.25) is 0 Å². The van der Waals surface area contributed by atoms with Gasteiger partial charge in [-0.25, -0.2) is 4.79 Å². The zero-order chi connectivity index (χ0) is 32.6. The summed E-state index contributed by atoms with van der Waals surface area (Å²) in [7, 11) is 4.40. The molecule has 3 N–H and O–H groups in total. The van der Waals surface area contributed by atoms with Gasteiger partial charge in [0.05, 0.1) is 31.2 Å². The van der Waals surface area contributed by atoms with Crippen LogP contribution in [0, 0.1) is 11.8 Å². The monoisotopic (exact) mass is 616 g/mol. The zero-order valence-corrected chi connectivity index (χ0v) is 26.6. The maximum atomic E-state index is 13.7. The minimum absolute atomic E-state index is 0.00951. The second-order valence-electron chi connectivity index (χ2n) is 12.4. The average Bonchev–Trinajstić information content (AvgIpc) is 3.66. The van der Waals surface area contributed by atoms with E-state index >= 15 is 0 Å². The SMILES string of the molecule is COc1cc2cc(c1O)N(C)C(=O)C[C@H](OC(=O)C(C)C)[C@]1(C)O[C@H]1[C@H](C)[C@@H]1C[C@@](O)(NC(=O)O1)[C@H](OC)/C=C/C=C(\C)C2. The highest BCUT2D eigenvalue weighted by molar-refractivity contribution is 5.95. The Hall–Kier alpha value is -3.61. The fourth-order valence-electron chi connectivity index (χ4n) is 5.91. The number of ether oxygens (including phenoxy) is 5. The number of anilines is 1. The third-order valence-electron chi connectivity index (χ3n) is 8.72. The number of allylic oxidation sites excluding steroid dienone is 3. The van der Waals surface area contributed by atoms with Crippen molar-refractivity contribution in [3.05, 3.63) is 41.5 Å². The summed E-state index contributed by atoms with van der Waals surface area (Å²) in [5.41, 5.74) is -0.953. The third kappa shape index (κ3) is 6.72. The molecule has 0 radical (unpaired) electrons. The fraction of sp³-hybridized carbons (Fsp3) is 0.594. The largest absolute Gasteiger partial charge is 0.503 e. The van der Waals surface area contributed by atoms with Crippen LogP contribution in [0.3, 0.4) is 0 Å². The first-order valence-electron chi connectivity index (χ1n) is 14.8. The Labute approximate surface area is 257 Å². The molecule has 4 rings (SSSR count). The normalized spacial score (nSPS) is 34.6. The Kier molecular flexibility index (Phi) is 9.67. The van der Waals surface area contributed by atoms with Gasteiger partial charge in [-0.05, 0) is 38.0 Å². The Bertz CT molecular complexity index is 1340. The molecule has 7 atom stereocenters. The fourth-order valence-corrected chi connectivity index (χ4v) is 5.91. The first kappa shape index (κ1) is 33.3. The first-order valence-corrected chi connectivity index (χ1v) is 14.8. The van der Waals surface area contributed by atoms with E-state index in [4.69, 9.17) is 23.7 Å². The lowest BCUT2D eigenvalue weighted by atomic mass is 9.83.